The number of aryl methyl sites for hydroxylation is 1. The molecule has 1 heterocycles. The molecule has 0 saturated carbocycles. The zero-order valence-electron chi connectivity index (χ0n) is 14.7. The van der Waals surface area contributed by atoms with Gasteiger partial charge in [0.25, 0.3) is 0 Å². The minimum absolute atomic E-state index is 0.856. The number of hydrogen-bond donors (Lipinski definition) is 0. The van der Waals surface area contributed by atoms with Gasteiger partial charge in [0, 0.05) is 11.4 Å². The SMILES string of the molecule is CCCSc1ccc2nc(C)n(Cc3ccc4ccccc4c3)c2c1. The molecule has 0 fully saturated rings. The summed E-state index contributed by atoms with van der Waals surface area (Å²) in [6, 6.07) is 21.9. The number of nitrogens with zero attached hydrogens (tertiary/aromatic N) is 2. The summed E-state index contributed by atoms with van der Waals surface area (Å²) in [4.78, 5) is 6.07. The molecule has 0 aliphatic carbocycles. The molecule has 25 heavy (non-hydrogen) atoms. The Morgan fingerprint density at radius 3 is 2.64 bits per heavy atom. The smallest absolute Gasteiger partial charge is 0.107 e. The first-order valence-electron chi connectivity index (χ1n) is 8.82. The Kier molecular flexibility index (Phi) is 4.50. The molecule has 0 N–H and O–H groups in total. The molecule has 0 aliphatic heterocycles. The van der Waals surface area contributed by atoms with Crippen molar-refractivity contribution in [2.75, 3.05) is 5.75 Å². The van der Waals surface area contributed by atoms with Crippen molar-refractivity contribution >= 4 is 33.6 Å². The van der Waals surface area contributed by atoms with Gasteiger partial charge in [-0.25, -0.2) is 4.98 Å². The third kappa shape index (κ3) is 3.29. The van der Waals surface area contributed by atoms with Crippen LogP contribution in [0.1, 0.15) is 24.7 Å². The van der Waals surface area contributed by atoms with E-state index in [0.29, 0.717) is 0 Å². The van der Waals surface area contributed by atoms with Crippen LogP contribution in [0, 0.1) is 6.92 Å². The lowest BCUT2D eigenvalue weighted by atomic mass is 10.1. The van der Waals surface area contributed by atoms with Crippen LogP contribution >= 0.6 is 11.8 Å². The number of fused-ring (bicyclic) bond motifs is 2. The van der Waals surface area contributed by atoms with Crippen LogP contribution in [0.3, 0.4) is 0 Å². The van der Waals surface area contributed by atoms with E-state index < -0.39 is 0 Å². The van der Waals surface area contributed by atoms with Crippen molar-refractivity contribution < 1.29 is 0 Å². The Balaban J connectivity index is 1.72. The van der Waals surface area contributed by atoms with Crippen LogP contribution in [0.25, 0.3) is 21.8 Å². The lowest BCUT2D eigenvalue weighted by Crippen LogP contribution is -2.02. The second-order valence-electron chi connectivity index (χ2n) is 6.43. The minimum Gasteiger partial charge on any atom is -0.324 e. The lowest BCUT2D eigenvalue weighted by Gasteiger charge is -2.09. The van der Waals surface area contributed by atoms with Crippen molar-refractivity contribution in [3.8, 4) is 0 Å². The van der Waals surface area contributed by atoms with Gasteiger partial charge in [-0.15, -0.1) is 11.8 Å². The third-order valence-corrected chi connectivity index (χ3v) is 5.74. The van der Waals surface area contributed by atoms with Gasteiger partial charge in [0.15, 0.2) is 0 Å². The molecular weight excluding hydrogens is 324 g/mol. The van der Waals surface area contributed by atoms with Crippen molar-refractivity contribution in [1.82, 2.24) is 9.55 Å². The van der Waals surface area contributed by atoms with E-state index in [1.807, 2.05) is 11.8 Å². The van der Waals surface area contributed by atoms with E-state index in [1.54, 1.807) is 0 Å². The van der Waals surface area contributed by atoms with Crippen LogP contribution in [0.5, 0.6) is 0 Å². The van der Waals surface area contributed by atoms with E-state index in [2.05, 4.69) is 79.1 Å². The third-order valence-electron chi connectivity index (χ3n) is 4.54. The highest BCUT2D eigenvalue weighted by molar-refractivity contribution is 7.99. The van der Waals surface area contributed by atoms with Crippen molar-refractivity contribution in [3.63, 3.8) is 0 Å². The summed E-state index contributed by atoms with van der Waals surface area (Å²) in [5, 5.41) is 2.58. The molecule has 2 nitrogen and oxygen atoms in total. The molecule has 0 unspecified atom stereocenters. The van der Waals surface area contributed by atoms with E-state index in [0.717, 1.165) is 23.6 Å². The van der Waals surface area contributed by atoms with Crippen molar-refractivity contribution in [2.24, 2.45) is 0 Å². The Hall–Kier alpha value is -2.26. The molecule has 3 aromatic carbocycles. The van der Waals surface area contributed by atoms with Gasteiger partial charge >= 0.3 is 0 Å². The van der Waals surface area contributed by atoms with Gasteiger partial charge in [-0.2, -0.15) is 0 Å². The van der Waals surface area contributed by atoms with Crippen LogP contribution in [-0.2, 0) is 6.54 Å². The maximum atomic E-state index is 4.75. The fraction of sp³-hybridized carbons (Fsp3) is 0.227. The molecule has 1 aromatic heterocycles. The van der Waals surface area contributed by atoms with E-state index in [-0.39, 0.29) is 0 Å². The summed E-state index contributed by atoms with van der Waals surface area (Å²) < 4.78 is 2.33. The number of hydrogen-bond acceptors (Lipinski definition) is 2. The van der Waals surface area contributed by atoms with Gasteiger partial charge in [-0.05, 0) is 59.7 Å². The Bertz CT molecular complexity index is 1030. The maximum absolute atomic E-state index is 4.75. The molecule has 0 atom stereocenters. The maximum Gasteiger partial charge on any atom is 0.107 e. The zero-order chi connectivity index (χ0) is 17.2. The number of imidazole rings is 1. The van der Waals surface area contributed by atoms with Gasteiger partial charge in [-0.3, -0.25) is 0 Å². The van der Waals surface area contributed by atoms with E-state index in [9.17, 15) is 0 Å². The summed E-state index contributed by atoms with van der Waals surface area (Å²) in [6.07, 6.45) is 1.19. The highest BCUT2D eigenvalue weighted by atomic mass is 32.2. The summed E-state index contributed by atoms with van der Waals surface area (Å²) >= 11 is 1.92. The first kappa shape index (κ1) is 16.2. The van der Waals surface area contributed by atoms with Crippen molar-refractivity contribution in [1.29, 1.82) is 0 Å². The fourth-order valence-electron chi connectivity index (χ4n) is 3.25. The largest absolute Gasteiger partial charge is 0.324 e. The van der Waals surface area contributed by atoms with Crippen molar-refractivity contribution in [2.45, 2.75) is 31.7 Å². The molecule has 0 bridgehead atoms. The summed E-state index contributed by atoms with van der Waals surface area (Å²) in [7, 11) is 0. The zero-order valence-corrected chi connectivity index (χ0v) is 15.5. The second-order valence-corrected chi connectivity index (χ2v) is 7.59. The second kappa shape index (κ2) is 6.93. The van der Waals surface area contributed by atoms with Crippen LogP contribution < -0.4 is 0 Å². The van der Waals surface area contributed by atoms with Crippen LogP contribution in [-0.4, -0.2) is 15.3 Å². The predicted octanol–water partition coefficient (Wildman–Crippen LogP) is 6.05. The number of aromatic nitrogens is 2. The minimum atomic E-state index is 0.856. The van der Waals surface area contributed by atoms with Crippen molar-refractivity contribution in [3.05, 3.63) is 72.1 Å². The number of thioether (sulfide) groups is 1. The molecular formula is C22H22N2S. The normalized spacial score (nSPS) is 11.4. The molecule has 0 radical (unpaired) electrons. The Morgan fingerprint density at radius 2 is 1.80 bits per heavy atom. The van der Waals surface area contributed by atoms with E-state index in [4.69, 9.17) is 4.98 Å². The van der Waals surface area contributed by atoms with Crippen LogP contribution in [0.4, 0.5) is 0 Å². The lowest BCUT2D eigenvalue weighted by molar-refractivity contribution is 0.786. The fourth-order valence-corrected chi connectivity index (χ4v) is 4.05. The average Bonchev–Trinajstić information content (AvgIpc) is 2.95. The van der Waals surface area contributed by atoms with Gasteiger partial charge in [0.05, 0.1) is 11.0 Å². The molecule has 0 aliphatic rings. The number of benzene rings is 3. The predicted molar refractivity (Wildman–Crippen MR) is 109 cm³/mol. The summed E-state index contributed by atoms with van der Waals surface area (Å²) in [5.74, 6) is 2.23. The molecule has 0 spiro atoms. The first-order valence-corrected chi connectivity index (χ1v) is 9.80. The average molecular weight is 346 g/mol. The molecule has 3 heteroatoms. The topological polar surface area (TPSA) is 17.8 Å². The van der Waals surface area contributed by atoms with E-state index in [1.165, 1.54) is 33.2 Å². The van der Waals surface area contributed by atoms with Gasteiger partial charge < -0.3 is 4.57 Å². The molecule has 4 rings (SSSR count). The standard InChI is InChI=1S/C22H22N2S/c1-3-12-25-20-10-11-21-22(14-20)24(16(2)23-21)15-17-8-9-18-6-4-5-7-19(18)13-17/h4-11,13-14H,3,12,15H2,1-2H3. The quantitative estimate of drug-likeness (QED) is 0.409. The Labute approximate surface area is 152 Å². The Morgan fingerprint density at radius 1 is 0.960 bits per heavy atom. The molecule has 0 amide bonds. The summed E-state index contributed by atoms with van der Waals surface area (Å²) in [5.41, 5.74) is 3.62. The van der Waals surface area contributed by atoms with E-state index >= 15 is 0 Å². The van der Waals surface area contributed by atoms with Gasteiger partial charge in [0.1, 0.15) is 5.82 Å². The summed E-state index contributed by atoms with van der Waals surface area (Å²) in [6.45, 7) is 5.18. The monoisotopic (exact) mass is 346 g/mol. The number of rotatable bonds is 5. The van der Waals surface area contributed by atoms with Crippen LogP contribution in [0.15, 0.2) is 65.6 Å². The highest BCUT2D eigenvalue weighted by Gasteiger charge is 2.09. The molecule has 0 saturated heterocycles. The highest BCUT2D eigenvalue weighted by Crippen LogP contribution is 2.26. The van der Waals surface area contributed by atoms with Crippen LogP contribution in [0.2, 0.25) is 0 Å². The molecule has 126 valence electrons. The molecule has 4 aromatic rings. The van der Waals surface area contributed by atoms with Gasteiger partial charge in [0.2, 0.25) is 0 Å². The van der Waals surface area contributed by atoms with Gasteiger partial charge in [-0.1, -0.05) is 43.3 Å². The first-order chi connectivity index (χ1) is 12.2.